The number of carbonyl (C=O) groups is 2. The van der Waals surface area contributed by atoms with Crippen LogP contribution in [-0.4, -0.2) is 44.0 Å². The van der Waals surface area contributed by atoms with E-state index in [0.717, 1.165) is 5.56 Å². The number of ether oxygens (including phenoxy) is 2. The van der Waals surface area contributed by atoms with Crippen molar-refractivity contribution < 1.29 is 23.5 Å². The average molecular weight is 388 g/mol. The van der Waals surface area contributed by atoms with Gasteiger partial charge in [-0.2, -0.15) is 0 Å². The van der Waals surface area contributed by atoms with Crippen LogP contribution in [-0.2, 0) is 22.6 Å². The summed E-state index contributed by atoms with van der Waals surface area (Å²) in [5.41, 5.74) is 1.49. The summed E-state index contributed by atoms with van der Waals surface area (Å²) in [4.78, 5) is 25.6. The molecule has 7 heteroatoms. The van der Waals surface area contributed by atoms with Crippen LogP contribution in [0.15, 0.2) is 42.5 Å². The molecule has 0 saturated heterocycles. The van der Waals surface area contributed by atoms with Crippen molar-refractivity contribution >= 4 is 11.8 Å². The number of benzene rings is 2. The summed E-state index contributed by atoms with van der Waals surface area (Å²) in [7, 11) is 3.12. The number of rotatable bonds is 9. The highest BCUT2D eigenvalue weighted by atomic mass is 19.1. The van der Waals surface area contributed by atoms with Gasteiger partial charge in [0.15, 0.2) is 11.5 Å². The van der Waals surface area contributed by atoms with Gasteiger partial charge in [0.1, 0.15) is 5.82 Å². The first-order chi connectivity index (χ1) is 13.4. The van der Waals surface area contributed by atoms with Crippen molar-refractivity contribution in [3.63, 3.8) is 0 Å². The Morgan fingerprint density at radius 3 is 2.43 bits per heavy atom. The Kier molecular flexibility index (Phi) is 7.80. The molecule has 1 N–H and O–H groups in total. The topological polar surface area (TPSA) is 67.9 Å². The quantitative estimate of drug-likeness (QED) is 0.717. The third-order valence-electron chi connectivity index (χ3n) is 4.22. The lowest BCUT2D eigenvalue weighted by Crippen LogP contribution is -2.37. The molecule has 0 fully saturated rings. The number of hydrogen-bond donors (Lipinski definition) is 1. The van der Waals surface area contributed by atoms with Crippen molar-refractivity contribution in [2.45, 2.75) is 19.9 Å². The number of methoxy groups -OCH3 is 2. The first kappa shape index (κ1) is 21.2. The lowest BCUT2D eigenvalue weighted by molar-refractivity contribution is -0.130. The number of amides is 2. The first-order valence-electron chi connectivity index (χ1n) is 8.90. The van der Waals surface area contributed by atoms with E-state index in [1.54, 1.807) is 37.3 Å². The molecule has 2 amide bonds. The number of halogens is 1. The SMILES string of the molecule is COc1ccc(CN(CCNC(=O)Cc2cccc(F)c2)C(C)=O)cc1OC. The predicted octanol–water partition coefficient (Wildman–Crippen LogP) is 2.55. The van der Waals surface area contributed by atoms with E-state index < -0.39 is 0 Å². The van der Waals surface area contributed by atoms with Crippen LogP contribution in [0, 0.1) is 5.82 Å². The normalized spacial score (nSPS) is 10.3. The number of carbonyl (C=O) groups excluding carboxylic acids is 2. The fourth-order valence-corrected chi connectivity index (χ4v) is 2.77. The zero-order chi connectivity index (χ0) is 20.5. The van der Waals surface area contributed by atoms with Crippen LogP contribution in [0.5, 0.6) is 11.5 Å². The zero-order valence-electron chi connectivity index (χ0n) is 16.3. The molecule has 0 heterocycles. The van der Waals surface area contributed by atoms with E-state index in [1.807, 2.05) is 12.1 Å². The van der Waals surface area contributed by atoms with E-state index >= 15 is 0 Å². The van der Waals surface area contributed by atoms with Gasteiger partial charge in [-0.15, -0.1) is 0 Å². The fourth-order valence-electron chi connectivity index (χ4n) is 2.77. The molecule has 2 aromatic carbocycles. The molecule has 2 rings (SSSR count). The summed E-state index contributed by atoms with van der Waals surface area (Å²) in [5, 5.41) is 2.76. The third-order valence-corrected chi connectivity index (χ3v) is 4.22. The molecule has 0 aliphatic heterocycles. The predicted molar refractivity (Wildman–Crippen MR) is 104 cm³/mol. The first-order valence-corrected chi connectivity index (χ1v) is 8.90. The molecule has 0 saturated carbocycles. The van der Waals surface area contributed by atoms with E-state index in [9.17, 15) is 14.0 Å². The van der Waals surface area contributed by atoms with Crippen molar-refractivity contribution in [2.75, 3.05) is 27.3 Å². The second-order valence-electron chi connectivity index (χ2n) is 6.29. The Morgan fingerprint density at radius 2 is 1.79 bits per heavy atom. The van der Waals surface area contributed by atoms with Gasteiger partial charge >= 0.3 is 0 Å². The summed E-state index contributed by atoms with van der Waals surface area (Å²) < 4.78 is 23.7. The molecule has 0 radical (unpaired) electrons. The van der Waals surface area contributed by atoms with Crippen molar-refractivity contribution in [2.24, 2.45) is 0 Å². The summed E-state index contributed by atoms with van der Waals surface area (Å²) in [6.07, 6.45) is 0.0908. The van der Waals surface area contributed by atoms with Gasteiger partial charge in [0.25, 0.3) is 0 Å². The molecular formula is C21H25FN2O4. The summed E-state index contributed by atoms with van der Waals surface area (Å²) in [5.74, 6) is 0.509. The average Bonchev–Trinajstić information content (AvgIpc) is 2.66. The van der Waals surface area contributed by atoms with Gasteiger partial charge in [-0.05, 0) is 35.4 Å². The monoisotopic (exact) mass is 388 g/mol. The second-order valence-corrected chi connectivity index (χ2v) is 6.29. The van der Waals surface area contributed by atoms with E-state index in [1.165, 1.54) is 19.1 Å². The standard InChI is InChI=1S/C21H25FN2O4/c1-15(25)24(14-17-7-8-19(27-2)20(12-17)28-3)10-9-23-21(26)13-16-5-4-6-18(22)11-16/h4-8,11-12H,9-10,13-14H2,1-3H3,(H,23,26). The van der Waals surface area contributed by atoms with Crippen LogP contribution in [0.4, 0.5) is 4.39 Å². The van der Waals surface area contributed by atoms with Gasteiger partial charge in [-0.3, -0.25) is 9.59 Å². The maximum Gasteiger partial charge on any atom is 0.224 e. The Hall–Kier alpha value is -3.09. The smallest absolute Gasteiger partial charge is 0.224 e. The van der Waals surface area contributed by atoms with Crippen LogP contribution < -0.4 is 14.8 Å². The fraction of sp³-hybridized carbons (Fsp3) is 0.333. The minimum Gasteiger partial charge on any atom is -0.493 e. The molecule has 28 heavy (non-hydrogen) atoms. The zero-order valence-corrected chi connectivity index (χ0v) is 16.3. The summed E-state index contributed by atoms with van der Waals surface area (Å²) in [6.45, 7) is 2.53. The molecule has 0 aliphatic carbocycles. The van der Waals surface area contributed by atoms with Gasteiger partial charge in [0.2, 0.25) is 11.8 Å². The van der Waals surface area contributed by atoms with Crippen LogP contribution in [0.2, 0.25) is 0 Å². The van der Waals surface area contributed by atoms with Gasteiger partial charge < -0.3 is 19.7 Å². The molecule has 0 unspecified atom stereocenters. The highest BCUT2D eigenvalue weighted by molar-refractivity contribution is 5.78. The van der Waals surface area contributed by atoms with Crippen molar-refractivity contribution in [1.29, 1.82) is 0 Å². The number of hydrogen-bond acceptors (Lipinski definition) is 4. The van der Waals surface area contributed by atoms with Gasteiger partial charge in [0, 0.05) is 26.6 Å². The highest BCUT2D eigenvalue weighted by Crippen LogP contribution is 2.28. The largest absolute Gasteiger partial charge is 0.493 e. The molecule has 150 valence electrons. The second kappa shape index (κ2) is 10.3. The van der Waals surface area contributed by atoms with Crippen molar-refractivity contribution in [3.8, 4) is 11.5 Å². The molecule has 2 aromatic rings. The minimum atomic E-state index is -0.372. The lowest BCUT2D eigenvalue weighted by Gasteiger charge is -2.22. The maximum absolute atomic E-state index is 13.2. The molecule has 0 aliphatic rings. The molecule has 0 atom stereocenters. The molecule has 6 nitrogen and oxygen atoms in total. The molecule has 0 aromatic heterocycles. The van der Waals surface area contributed by atoms with Gasteiger partial charge in [0.05, 0.1) is 20.6 Å². The van der Waals surface area contributed by atoms with E-state index in [-0.39, 0.29) is 24.1 Å². The number of nitrogens with zero attached hydrogens (tertiary/aromatic N) is 1. The van der Waals surface area contributed by atoms with Crippen molar-refractivity contribution in [1.82, 2.24) is 10.2 Å². The lowest BCUT2D eigenvalue weighted by atomic mass is 10.1. The summed E-state index contributed by atoms with van der Waals surface area (Å²) >= 11 is 0. The van der Waals surface area contributed by atoms with Crippen molar-refractivity contribution in [3.05, 3.63) is 59.4 Å². The molecular weight excluding hydrogens is 363 g/mol. The molecule has 0 bridgehead atoms. The Bertz CT molecular complexity index is 826. The van der Waals surface area contributed by atoms with Gasteiger partial charge in [-0.25, -0.2) is 4.39 Å². The number of nitrogens with one attached hydrogen (secondary N) is 1. The third kappa shape index (κ3) is 6.26. The van der Waals surface area contributed by atoms with E-state index in [4.69, 9.17) is 9.47 Å². The van der Waals surface area contributed by atoms with Crippen LogP contribution in [0.25, 0.3) is 0 Å². The van der Waals surface area contributed by atoms with Crippen LogP contribution in [0.1, 0.15) is 18.1 Å². The Morgan fingerprint density at radius 1 is 1.04 bits per heavy atom. The van der Waals surface area contributed by atoms with E-state index in [2.05, 4.69) is 5.32 Å². The highest BCUT2D eigenvalue weighted by Gasteiger charge is 2.12. The molecule has 0 spiro atoms. The van der Waals surface area contributed by atoms with E-state index in [0.29, 0.717) is 36.7 Å². The van der Waals surface area contributed by atoms with Crippen LogP contribution in [0.3, 0.4) is 0 Å². The summed E-state index contributed by atoms with van der Waals surface area (Å²) in [6, 6.07) is 11.4. The Balaban J connectivity index is 1.89. The van der Waals surface area contributed by atoms with Crippen LogP contribution >= 0.6 is 0 Å². The maximum atomic E-state index is 13.2. The Labute approximate surface area is 164 Å². The van der Waals surface area contributed by atoms with Gasteiger partial charge in [-0.1, -0.05) is 18.2 Å². The minimum absolute atomic E-state index is 0.0908.